The molecular formula is C37H39ClF3N3O4S. The van der Waals surface area contributed by atoms with Gasteiger partial charge in [-0.1, -0.05) is 96.4 Å². The van der Waals surface area contributed by atoms with E-state index in [0.29, 0.717) is 22.4 Å². The van der Waals surface area contributed by atoms with Gasteiger partial charge < -0.3 is 10.2 Å². The Labute approximate surface area is 290 Å². The molecule has 0 heterocycles. The van der Waals surface area contributed by atoms with Crippen LogP contribution < -0.4 is 9.62 Å². The smallest absolute Gasteiger partial charge is 0.352 e. The highest BCUT2D eigenvalue weighted by atomic mass is 35.5. The maximum absolute atomic E-state index is 14.6. The van der Waals surface area contributed by atoms with Crippen molar-refractivity contribution in [1.82, 2.24) is 10.2 Å². The van der Waals surface area contributed by atoms with Gasteiger partial charge in [-0.25, -0.2) is 8.42 Å². The molecule has 4 aromatic carbocycles. The van der Waals surface area contributed by atoms with Gasteiger partial charge in [-0.2, -0.15) is 13.2 Å². The molecule has 4 rings (SSSR count). The summed E-state index contributed by atoms with van der Waals surface area (Å²) in [5.41, 5.74) is 1.43. The first-order valence-electron chi connectivity index (χ1n) is 15.8. The van der Waals surface area contributed by atoms with Gasteiger partial charge in [-0.05, 0) is 68.7 Å². The average Bonchev–Trinajstić information content (AvgIpc) is 3.05. The quantitative estimate of drug-likeness (QED) is 0.154. The van der Waals surface area contributed by atoms with Gasteiger partial charge >= 0.3 is 6.18 Å². The summed E-state index contributed by atoms with van der Waals surface area (Å²) >= 11 is 5.89. The first kappa shape index (κ1) is 37.5. The fourth-order valence-corrected chi connectivity index (χ4v) is 6.88. The van der Waals surface area contributed by atoms with Crippen molar-refractivity contribution in [2.75, 3.05) is 10.8 Å². The summed E-state index contributed by atoms with van der Waals surface area (Å²) in [4.78, 5) is 29.6. The standard InChI is InChI=1S/C37H39ClF3N3O4S/c1-5-27(4)42-36(46)34(21-28-11-7-6-8-12-28)43(23-29-13-9-10-26(3)20-29)35(45)24-44(49(47,48)31-17-14-25(2)15-18-31)30-16-19-33(38)32(22-30)37(39,40)41/h6-20,22,27,34H,5,21,23-24H2,1-4H3,(H,42,46)/t27-,34+/m0/s1. The zero-order chi connectivity index (χ0) is 35.9. The number of nitrogens with one attached hydrogen (secondary N) is 1. The second kappa shape index (κ2) is 15.9. The molecule has 12 heteroatoms. The molecule has 49 heavy (non-hydrogen) atoms. The molecule has 0 aliphatic rings. The van der Waals surface area contributed by atoms with E-state index in [2.05, 4.69) is 5.32 Å². The number of alkyl halides is 3. The lowest BCUT2D eigenvalue weighted by Gasteiger charge is -2.34. The van der Waals surface area contributed by atoms with Crippen molar-refractivity contribution >= 4 is 39.1 Å². The van der Waals surface area contributed by atoms with Crippen molar-refractivity contribution in [3.05, 3.63) is 130 Å². The highest BCUT2D eigenvalue weighted by molar-refractivity contribution is 7.92. The van der Waals surface area contributed by atoms with Crippen molar-refractivity contribution in [3.8, 4) is 0 Å². The molecule has 0 aliphatic carbocycles. The van der Waals surface area contributed by atoms with Gasteiger partial charge in [0.05, 0.1) is 21.2 Å². The van der Waals surface area contributed by atoms with Gasteiger partial charge in [-0.15, -0.1) is 0 Å². The Morgan fingerprint density at radius 2 is 1.51 bits per heavy atom. The molecule has 0 radical (unpaired) electrons. The van der Waals surface area contributed by atoms with Crippen LogP contribution in [0.15, 0.2) is 102 Å². The highest BCUT2D eigenvalue weighted by Gasteiger charge is 2.38. The van der Waals surface area contributed by atoms with Gasteiger partial charge in [0.25, 0.3) is 10.0 Å². The van der Waals surface area contributed by atoms with Crippen molar-refractivity contribution in [2.24, 2.45) is 0 Å². The first-order valence-corrected chi connectivity index (χ1v) is 17.6. The number of rotatable bonds is 13. The van der Waals surface area contributed by atoms with E-state index in [1.165, 1.54) is 17.0 Å². The summed E-state index contributed by atoms with van der Waals surface area (Å²) in [7, 11) is -4.61. The second-order valence-electron chi connectivity index (χ2n) is 12.0. The molecule has 0 spiro atoms. The number of carbonyl (C=O) groups is 2. The average molecular weight is 714 g/mol. The van der Waals surface area contributed by atoms with E-state index < -0.39 is 56.9 Å². The molecule has 0 unspecified atom stereocenters. The number of anilines is 1. The van der Waals surface area contributed by atoms with Crippen molar-refractivity contribution < 1.29 is 31.2 Å². The molecule has 0 aliphatic heterocycles. The fraction of sp³-hybridized carbons (Fsp3) is 0.297. The zero-order valence-electron chi connectivity index (χ0n) is 27.7. The third-order valence-corrected chi connectivity index (χ3v) is 10.3. The van der Waals surface area contributed by atoms with Crippen LogP contribution in [-0.2, 0) is 38.8 Å². The van der Waals surface area contributed by atoms with Crippen LogP contribution in [0.1, 0.15) is 48.1 Å². The minimum Gasteiger partial charge on any atom is -0.352 e. The van der Waals surface area contributed by atoms with Crippen LogP contribution in [-0.4, -0.2) is 43.8 Å². The molecule has 0 bridgehead atoms. The summed E-state index contributed by atoms with van der Waals surface area (Å²) in [6.45, 7) is 6.40. The SMILES string of the molecule is CC[C@H](C)NC(=O)[C@@H](Cc1ccccc1)N(Cc1cccc(C)c1)C(=O)CN(c1ccc(Cl)c(C(F)(F)F)c1)S(=O)(=O)c1ccc(C)cc1. The minimum absolute atomic E-state index is 0.0707. The van der Waals surface area contributed by atoms with Gasteiger partial charge in [-0.3, -0.25) is 13.9 Å². The molecule has 0 fully saturated rings. The number of halogens is 4. The van der Waals surface area contributed by atoms with Crippen LogP contribution in [0.3, 0.4) is 0 Å². The zero-order valence-corrected chi connectivity index (χ0v) is 29.2. The van der Waals surface area contributed by atoms with Crippen LogP contribution in [0.2, 0.25) is 5.02 Å². The van der Waals surface area contributed by atoms with Gasteiger partial charge in [0.2, 0.25) is 11.8 Å². The lowest BCUT2D eigenvalue weighted by Crippen LogP contribution is -2.54. The Hall–Kier alpha value is -4.35. The Bertz CT molecular complexity index is 1870. The largest absolute Gasteiger partial charge is 0.417 e. The Kier molecular flexibility index (Phi) is 12.2. The van der Waals surface area contributed by atoms with E-state index >= 15 is 0 Å². The lowest BCUT2D eigenvalue weighted by molar-refractivity contribution is -0.140. The van der Waals surface area contributed by atoms with Crippen LogP contribution in [0, 0.1) is 13.8 Å². The molecule has 1 N–H and O–H groups in total. The molecule has 0 saturated heterocycles. The van der Waals surface area contributed by atoms with E-state index in [-0.39, 0.29) is 23.9 Å². The normalized spacial score (nSPS) is 13.0. The number of carbonyl (C=O) groups excluding carboxylic acids is 2. The Morgan fingerprint density at radius 3 is 2.12 bits per heavy atom. The molecule has 2 amide bonds. The predicted molar refractivity (Wildman–Crippen MR) is 186 cm³/mol. The van der Waals surface area contributed by atoms with Crippen molar-refractivity contribution in [2.45, 2.75) is 70.2 Å². The van der Waals surface area contributed by atoms with Gasteiger partial charge in [0.15, 0.2) is 0 Å². The number of hydrogen-bond acceptors (Lipinski definition) is 4. The van der Waals surface area contributed by atoms with E-state index in [0.717, 1.165) is 28.8 Å². The molecule has 2 atom stereocenters. The first-order chi connectivity index (χ1) is 23.1. The number of hydrogen-bond donors (Lipinski definition) is 1. The summed E-state index contributed by atoms with van der Waals surface area (Å²) in [6, 6.07) is 23.5. The van der Waals surface area contributed by atoms with Crippen molar-refractivity contribution in [3.63, 3.8) is 0 Å². The summed E-state index contributed by atoms with van der Waals surface area (Å²) in [5.74, 6) is -1.24. The van der Waals surface area contributed by atoms with Crippen molar-refractivity contribution in [1.29, 1.82) is 0 Å². The Morgan fingerprint density at radius 1 is 0.857 bits per heavy atom. The van der Waals surface area contributed by atoms with Crippen LogP contribution in [0.5, 0.6) is 0 Å². The van der Waals surface area contributed by atoms with E-state index in [9.17, 15) is 31.2 Å². The number of aryl methyl sites for hydroxylation is 2. The van der Waals surface area contributed by atoms with Crippen LogP contribution in [0.25, 0.3) is 0 Å². The second-order valence-corrected chi connectivity index (χ2v) is 14.3. The summed E-state index contributed by atoms with van der Waals surface area (Å²) < 4.78 is 71.0. The van der Waals surface area contributed by atoms with E-state index in [1.54, 1.807) is 43.3 Å². The lowest BCUT2D eigenvalue weighted by atomic mass is 10.0. The Balaban J connectivity index is 1.87. The fourth-order valence-electron chi connectivity index (χ4n) is 5.25. The van der Waals surface area contributed by atoms with E-state index in [4.69, 9.17) is 11.6 Å². The summed E-state index contributed by atoms with van der Waals surface area (Å²) in [5, 5.41) is 2.33. The molecule has 0 aromatic heterocycles. The van der Waals surface area contributed by atoms with Crippen LogP contribution >= 0.6 is 11.6 Å². The number of benzene rings is 4. The predicted octanol–water partition coefficient (Wildman–Crippen LogP) is 7.73. The third-order valence-electron chi connectivity index (χ3n) is 8.14. The van der Waals surface area contributed by atoms with Crippen LogP contribution in [0.4, 0.5) is 18.9 Å². The molecule has 7 nitrogen and oxygen atoms in total. The number of amides is 2. The maximum Gasteiger partial charge on any atom is 0.417 e. The van der Waals surface area contributed by atoms with E-state index in [1.807, 2.05) is 51.1 Å². The third kappa shape index (κ3) is 9.64. The molecular weight excluding hydrogens is 675 g/mol. The van der Waals surface area contributed by atoms with Gasteiger partial charge in [0.1, 0.15) is 12.6 Å². The van der Waals surface area contributed by atoms with Gasteiger partial charge in [0, 0.05) is 19.0 Å². The monoisotopic (exact) mass is 713 g/mol. The topological polar surface area (TPSA) is 86.8 Å². The summed E-state index contributed by atoms with van der Waals surface area (Å²) in [6.07, 6.45) is -4.18. The highest BCUT2D eigenvalue weighted by Crippen LogP contribution is 2.38. The maximum atomic E-state index is 14.6. The molecule has 0 saturated carbocycles. The molecule has 260 valence electrons. The number of nitrogens with zero attached hydrogens (tertiary/aromatic N) is 2. The molecule has 4 aromatic rings. The minimum atomic E-state index is -4.90. The number of sulfonamides is 1.